The highest BCUT2D eigenvalue weighted by Gasteiger charge is 2.12. The molecule has 3 aromatic carbocycles. The molecule has 3 rings (SSSR count). The van der Waals surface area contributed by atoms with E-state index in [1.165, 1.54) is 12.1 Å². The molecule has 24 heavy (non-hydrogen) atoms. The van der Waals surface area contributed by atoms with Crippen LogP contribution in [0.25, 0.3) is 10.8 Å². The Hall–Kier alpha value is -3.68. The minimum absolute atomic E-state index is 0.0113. The third-order valence-electron chi connectivity index (χ3n) is 3.40. The molecule has 0 saturated carbocycles. The van der Waals surface area contributed by atoms with Gasteiger partial charge in [0.2, 0.25) is 0 Å². The van der Waals surface area contributed by atoms with Crippen molar-refractivity contribution in [3.05, 3.63) is 58.6 Å². The van der Waals surface area contributed by atoms with Crippen molar-refractivity contribution in [1.29, 1.82) is 0 Å². The van der Waals surface area contributed by atoms with E-state index in [4.69, 9.17) is 0 Å². The van der Waals surface area contributed by atoms with Crippen LogP contribution < -0.4 is 0 Å². The predicted molar refractivity (Wildman–Crippen MR) is 86.2 cm³/mol. The van der Waals surface area contributed by atoms with Crippen LogP contribution in [-0.2, 0) is 0 Å². The molecule has 0 unspecified atom stereocenters. The summed E-state index contributed by atoms with van der Waals surface area (Å²) in [5.41, 5.74) is -0.150. The summed E-state index contributed by atoms with van der Waals surface area (Å²) in [4.78, 5) is 10.0. The van der Waals surface area contributed by atoms with Crippen molar-refractivity contribution in [1.82, 2.24) is 0 Å². The van der Waals surface area contributed by atoms with Gasteiger partial charge >= 0.3 is 0 Å². The topological polar surface area (TPSA) is 129 Å². The first-order chi connectivity index (χ1) is 11.5. The predicted octanol–water partition coefficient (Wildman–Crippen LogP) is 4.28. The van der Waals surface area contributed by atoms with Crippen LogP contribution in [0.15, 0.2) is 58.8 Å². The van der Waals surface area contributed by atoms with E-state index in [0.717, 1.165) is 12.1 Å². The molecule has 0 aliphatic carbocycles. The van der Waals surface area contributed by atoms with Crippen LogP contribution in [0.2, 0.25) is 0 Å². The first-order valence-electron chi connectivity index (χ1n) is 6.80. The zero-order valence-corrected chi connectivity index (χ0v) is 12.1. The van der Waals surface area contributed by atoms with E-state index in [-0.39, 0.29) is 28.6 Å². The van der Waals surface area contributed by atoms with E-state index < -0.39 is 10.7 Å². The highest BCUT2D eigenvalue weighted by Crippen LogP contribution is 2.41. The fraction of sp³-hybridized carbons (Fsp3) is 0. The number of phenols is 3. The van der Waals surface area contributed by atoms with Gasteiger partial charge in [-0.2, -0.15) is 0 Å². The molecular weight excluding hydrogens is 314 g/mol. The van der Waals surface area contributed by atoms with Crippen LogP contribution in [-0.4, -0.2) is 20.2 Å². The van der Waals surface area contributed by atoms with Gasteiger partial charge in [-0.15, -0.1) is 10.2 Å². The summed E-state index contributed by atoms with van der Waals surface area (Å²) in [7, 11) is 0. The Balaban J connectivity index is 2.07. The number of nitro groups is 1. The normalized spacial score (nSPS) is 11.2. The minimum Gasteiger partial charge on any atom is -0.507 e. The molecule has 0 spiro atoms. The van der Waals surface area contributed by atoms with Crippen LogP contribution in [0.4, 0.5) is 17.1 Å². The lowest BCUT2D eigenvalue weighted by atomic mass is 10.1. The van der Waals surface area contributed by atoms with Gasteiger partial charge in [0.1, 0.15) is 28.6 Å². The average molecular weight is 325 g/mol. The van der Waals surface area contributed by atoms with Crippen molar-refractivity contribution in [2.24, 2.45) is 10.2 Å². The van der Waals surface area contributed by atoms with Gasteiger partial charge in [-0.1, -0.05) is 24.3 Å². The maximum Gasteiger partial charge on any atom is 0.273 e. The smallest absolute Gasteiger partial charge is 0.273 e. The first-order valence-corrected chi connectivity index (χ1v) is 6.80. The van der Waals surface area contributed by atoms with Crippen LogP contribution in [0, 0.1) is 10.1 Å². The standard InChI is InChI=1S/C16H11N3O5/c20-13-8-15(22)16(11-4-2-1-3-10(11)13)18-17-12-6-5-9(19(23)24)7-14(12)21/h1-8,20-22H/b18-17+. The van der Waals surface area contributed by atoms with Crippen molar-refractivity contribution in [3.8, 4) is 17.2 Å². The molecule has 0 bridgehead atoms. The second kappa shape index (κ2) is 5.84. The molecule has 8 nitrogen and oxygen atoms in total. The van der Waals surface area contributed by atoms with Gasteiger partial charge in [-0.3, -0.25) is 10.1 Å². The molecule has 0 aromatic heterocycles. The number of nitrogens with zero attached hydrogens (tertiary/aromatic N) is 3. The fourth-order valence-electron chi connectivity index (χ4n) is 2.25. The number of benzene rings is 3. The van der Waals surface area contributed by atoms with Gasteiger partial charge in [0.15, 0.2) is 0 Å². The lowest BCUT2D eigenvalue weighted by Crippen LogP contribution is -1.86. The second-order valence-corrected chi connectivity index (χ2v) is 4.94. The van der Waals surface area contributed by atoms with E-state index in [9.17, 15) is 25.4 Å². The van der Waals surface area contributed by atoms with Crippen molar-refractivity contribution < 1.29 is 20.2 Å². The quantitative estimate of drug-likeness (QED) is 0.376. The Morgan fingerprint density at radius 2 is 1.54 bits per heavy atom. The summed E-state index contributed by atoms with van der Waals surface area (Å²) in [6, 6.07) is 11.3. The Kier molecular flexibility index (Phi) is 3.70. The fourth-order valence-corrected chi connectivity index (χ4v) is 2.25. The molecule has 0 atom stereocenters. The van der Waals surface area contributed by atoms with E-state index in [2.05, 4.69) is 10.2 Å². The lowest BCUT2D eigenvalue weighted by Gasteiger charge is -2.06. The SMILES string of the molecule is O=[N+]([O-])c1ccc(/N=N/c2c(O)cc(O)c3ccccc23)c(O)c1. The highest BCUT2D eigenvalue weighted by atomic mass is 16.6. The molecule has 0 radical (unpaired) electrons. The summed E-state index contributed by atoms with van der Waals surface area (Å²) < 4.78 is 0. The molecule has 0 aliphatic heterocycles. The number of azo groups is 1. The van der Waals surface area contributed by atoms with Crippen molar-refractivity contribution >= 4 is 27.8 Å². The molecule has 3 N–H and O–H groups in total. The van der Waals surface area contributed by atoms with Crippen molar-refractivity contribution in [2.45, 2.75) is 0 Å². The Bertz CT molecular complexity index is 985. The molecule has 0 fully saturated rings. The number of rotatable bonds is 3. The van der Waals surface area contributed by atoms with Gasteiger partial charge in [0, 0.05) is 22.9 Å². The number of hydrogen-bond acceptors (Lipinski definition) is 7. The van der Waals surface area contributed by atoms with Crippen LogP contribution >= 0.6 is 0 Å². The number of non-ortho nitro benzene ring substituents is 1. The third kappa shape index (κ3) is 2.68. The maximum absolute atomic E-state index is 10.7. The Labute approximate surface area is 135 Å². The molecule has 3 aromatic rings. The van der Waals surface area contributed by atoms with E-state index in [0.29, 0.717) is 10.8 Å². The van der Waals surface area contributed by atoms with E-state index >= 15 is 0 Å². The summed E-state index contributed by atoms with van der Waals surface area (Å²) in [5, 5.41) is 49.0. The molecule has 120 valence electrons. The summed E-state index contributed by atoms with van der Waals surface area (Å²) >= 11 is 0. The molecule has 0 saturated heterocycles. The number of hydrogen-bond donors (Lipinski definition) is 3. The van der Waals surface area contributed by atoms with Crippen molar-refractivity contribution in [3.63, 3.8) is 0 Å². The zero-order valence-electron chi connectivity index (χ0n) is 12.1. The number of fused-ring (bicyclic) bond motifs is 1. The first kappa shape index (κ1) is 15.2. The van der Waals surface area contributed by atoms with Crippen LogP contribution in [0.5, 0.6) is 17.2 Å². The zero-order chi connectivity index (χ0) is 17.3. The molecule has 0 heterocycles. The lowest BCUT2D eigenvalue weighted by molar-refractivity contribution is -0.384. The van der Waals surface area contributed by atoms with Gasteiger partial charge in [-0.05, 0) is 6.07 Å². The molecule has 0 amide bonds. The largest absolute Gasteiger partial charge is 0.507 e. The monoisotopic (exact) mass is 325 g/mol. The Morgan fingerprint density at radius 1 is 0.833 bits per heavy atom. The highest BCUT2D eigenvalue weighted by molar-refractivity contribution is 5.99. The Morgan fingerprint density at radius 3 is 2.21 bits per heavy atom. The van der Waals surface area contributed by atoms with Gasteiger partial charge < -0.3 is 15.3 Å². The number of aromatic hydroxyl groups is 3. The van der Waals surface area contributed by atoms with Crippen molar-refractivity contribution in [2.75, 3.05) is 0 Å². The van der Waals surface area contributed by atoms with Gasteiger partial charge in [0.05, 0.1) is 11.0 Å². The number of nitro benzene ring substituents is 1. The van der Waals surface area contributed by atoms with Crippen LogP contribution in [0.1, 0.15) is 0 Å². The third-order valence-corrected chi connectivity index (χ3v) is 3.40. The summed E-state index contributed by atoms with van der Waals surface area (Å²) in [6.07, 6.45) is 0. The number of phenolic OH excluding ortho intramolecular Hbond substituents is 3. The minimum atomic E-state index is -0.639. The molecule has 8 heteroatoms. The van der Waals surface area contributed by atoms with Crippen LogP contribution in [0.3, 0.4) is 0 Å². The summed E-state index contributed by atoms with van der Waals surface area (Å²) in [5.74, 6) is -0.785. The second-order valence-electron chi connectivity index (χ2n) is 4.94. The maximum atomic E-state index is 10.7. The molecular formula is C16H11N3O5. The average Bonchev–Trinajstić information content (AvgIpc) is 2.55. The molecule has 0 aliphatic rings. The van der Waals surface area contributed by atoms with E-state index in [1.54, 1.807) is 24.3 Å². The van der Waals surface area contributed by atoms with Gasteiger partial charge in [0.25, 0.3) is 5.69 Å². The van der Waals surface area contributed by atoms with Gasteiger partial charge in [-0.25, -0.2) is 0 Å². The summed E-state index contributed by atoms with van der Waals surface area (Å²) in [6.45, 7) is 0. The van der Waals surface area contributed by atoms with E-state index in [1.807, 2.05) is 0 Å².